The minimum atomic E-state index is -0.824. The van der Waals surface area contributed by atoms with Crippen LogP contribution in [-0.2, 0) is 14.3 Å². The van der Waals surface area contributed by atoms with E-state index >= 15 is 0 Å². The largest absolute Gasteiger partial charge is 0.481 e. The van der Waals surface area contributed by atoms with Gasteiger partial charge in [-0.05, 0) is 57.0 Å². The Morgan fingerprint density at radius 1 is 1.20 bits per heavy atom. The predicted octanol–water partition coefficient (Wildman–Crippen LogP) is 4.82. The first kappa shape index (κ1) is 24.7. The van der Waals surface area contributed by atoms with Gasteiger partial charge in [0, 0.05) is 41.7 Å². The van der Waals surface area contributed by atoms with Gasteiger partial charge >= 0.3 is 11.6 Å². The van der Waals surface area contributed by atoms with E-state index in [1.807, 2.05) is 0 Å². The Hall–Kier alpha value is -3.39. The van der Waals surface area contributed by atoms with Crippen molar-refractivity contribution in [3.8, 4) is 16.9 Å². The zero-order valence-electron chi connectivity index (χ0n) is 19.4. The average Bonchev–Trinajstić information content (AvgIpc) is 2.83. The first-order valence-corrected chi connectivity index (χ1v) is 11.8. The zero-order valence-corrected chi connectivity index (χ0v) is 20.1. The molecule has 1 saturated heterocycles. The molecule has 1 aliphatic heterocycles. The molecule has 0 radical (unpaired) electrons. The topological polar surface area (TPSA) is 86.0 Å². The van der Waals surface area contributed by atoms with Crippen LogP contribution in [0, 0.1) is 11.7 Å². The first-order chi connectivity index (χ1) is 16.8. The van der Waals surface area contributed by atoms with Crippen molar-refractivity contribution in [2.75, 3.05) is 19.7 Å². The van der Waals surface area contributed by atoms with Crippen LogP contribution in [0.3, 0.4) is 0 Å². The highest BCUT2D eigenvalue weighted by molar-refractivity contribution is 6.33. The number of nitrogens with zero attached hydrogens (tertiary/aromatic N) is 1. The van der Waals surface area contributed by atoms with Crippen molar-refractivity contribution < 1.29 is 27.9 Å². The number of piperidine rings is 1. The van der Waals surface area contributed by atoms with Crippen molar-refractivity contribution in [3.63, 3.8) is 0 Å². The standard InChI is InChI=1S/C26H25ClFNO6/c1-3-33-26(32)16-5-4-10-29(14-16)25(31)15(2)34-18-7-9-20-21(13-24(30)35-23(20)12-18)19-8-6-17(28)11-22(19)27/h6-9,11-13,15-16H,3-5,10,14H2,1-2H3/t15-,16+/m1/s1. The number of likely N-dealkylation sites (tertiary alicyclic amines) is 1. The Morgan fingerprint density at radius 2 is 2.00 bits per heavy atom. The predicted molar refractivity (Wildman–Crippen MR) is 129 cm³/mol. The lowest BCUT2D eigenvalue weighted by atomic mass is 9.98. The summed E-state index contributed by atoms with van der Waals surface area (Å²) < 4.78 is 29.8. The molecular formula is C26H25ClFNO6. The van der Waals surface area contributed by atoms with Crippen LogP contribution in [0.5, 0.6) is 5.75 Å². The normalized spacial score (nSPS) is 16.7. The second kappa shape index (κ2) is 10.5. The van der Waals surface area contributed by atoms with Gasteiger partial charge in [0.1, 0.15) is 17.1 Å². The number of carbonyl (C=O) groups excluding carboxylic acids is 2. The smallest absolute Gasteiger partial charge is 0.336 e. The maximum atomic E-state index is 13.5. The summed E-state index contributed by atoms with van der Waals surface area (Å²) in [5.74, 6) is -1.02. The fraction of sp³-hybridized carbons (Fsp3) is 0.346. The van der Waals surface area contributed by atoms with E-state index in [1.165, 1.54) is 30.3 Å². The Balaban J connectivity index is 1.54. The van der Waals surface area contributed by atoms with Gasteiger partial charge in [0.2, 0.25) is 0 Å². The molecule has 2 atom stereocenters. The van der Waals surface area contributed by atoms with Crippen LogP contribution in [0.15, 0.2) is 51.7 Å². The molecule has 4 rings (SSSR count). The summed E-state index contributed by atoms with van der Waals surface area (Å²) in [6, 6.07) is 10.1. The molecule has 3 aromatic rings. The van der Waals surface area contributed by atoms with Crippen molar-refractivity contribution in [1.29, 1.82) is 0 Å². The maximum absolute atomic E-state index is 13.5. The molecule has 184 valence electrons. The fourth-order valence-electron chi connectivity index (χ4n) is 4.29. The third-order valence-electron chi connectivity index (χ3n) is 5.95. The molecule has 0 spiro atoms. The number of benzene rings is 2. The highest BCUT2D eigenvalue weighted by Gasteiger charge is 2.32. The molecule has 1 aliphatic rings. The summed E-state index contributed by atoms with van der Waals surface area (Å²) in [6.07, 6.45) is 0.564. The summed E-state index contributed by atoms with van der Waals surface area (Å²) in [7, 11) is 0. The molecular weight excluding hydrogens is 477 g/mol. The monoisotopic (exact) mass is 501 g/mol. The molecule has 0 bridgehead atoms. The molecule has 0 saturated carbocycles. The van der Waals surface area contributed by atoms with Crippen LogP contribution in [0.25, 0.3) is 22.1 Å². The Bertz CT molecular complexity index is 1320. The Kier molecular flexibility index (Phi) is 7.40. The van der Waals surface area contributed by atoms with Crippen LogP contribution in [0.4, 0.5) is 4.39 Å². The van der Waals surface area contributed by atoms with E-state index in [-0.39, 0.29) is 28.4 Å². The molecule has 0 unspecified atom stereocenters. The van der Waals surface area contributed by atoms with E-state index in [0.717, 1.165) is 0 Å². The quantitative estimate of drug-likeness (QED) is 0.355. The number of halogens is 2. The van der Waals surface area contributed by atoms with Crippen molar-refractivity contribution >= 4 is 34.4 Å². The molecule has 0 aliphatic carbocycles. The summed E-state index contributed by atoms with van der Waals surface area (Å²) in [5, 5.41) is 0.747. The SMILES string of the molecule is CCOC(=O)[C@H]1CCCN(C(=O)[C@@H](C)Oc2ccc3c(-c4ccc(F)cc4Cl)cc(=O)oc3c2)C1. The van der Waals surface area contributed by atoms with E-state index in [1.54, 1.807) is 30.9 Å². The summed E-state index contributed by atoms with van der Waals surface area (Å²) in [5.41, 5.74) is 0.623. The third kappa shape index (κ3) is 5.48. The molecule has 1 fully saturated rings. The number of esters is 1. The highest BCUT2D eigenvalue weighted by Crippen LogP contribution is 2.34. The van der Waals surface area contributed by atoms with Gasteiger partial charge in [-0.2, -0.15) is 0 Å². The first-order valence-electron chi connectivity index (χ1n) is 11.4. The van der Waals surface area contributed by atoms with Gasteiger partial charge in [-0.1, -0.05) is 11.6 Å². The van der Waals surface area contributed by atoms with E-state index in [4.69, 9.17) is 25.5 Å². The number of hydrogen-bond acceptors (Lipinski definition) is 6. The van der Waals surface area contributed by atoms with Crippen LogP contribution in [0.1, 0.15) is 26.7 Å². The Labute approximate surface area is 206 Å². The van der Waals surface area contributed by atoms with E-state index in [2.05, 4.69) is 0 Å². The molecule has 9 heteroatoms. The number of ether oxygens (including phenoxy) is 2. The fourth-order valence-corrected chi connectivity index (χ4v) is 4.56. The van der Waals surface area contributed by atoms with Gasteiger partial charge in [0.15, 0.2) is 6.10 Å². The molecule has 2 aromatic carbocycles. The van der Waals surface area contributed by atoms with Gasteiger partial charge in [-0.3, -0.25) is 9.59 Å². The van der Waals surface area contributed by atoms with E-state index < -0.39 is 17.5 Å². The molecule has 1 amide bonds. The lowest BCUT2D eigenvalue weighted by Gasteiger charge is -2.33. The van der Waals surface area contributed by atoms with Crippen molar-refractivity contribution in [2.45, 2.75) is 32.8 Å². The Morgan fingerprint density at radius 3 is 2.74 bits per heavy atom. The number of rotatable bonds is 6. The molecule has 7 nitrogen and oxygen atoms in total. The summed E-state index contributed by atoms with van der Waals surface area (Å²) in [4.78, 5) is 38.9. The lowest BCUT2D eigenvalue weighted by molar-refractivity contribution is -0.152. The van der Waals surface area contributed by atoms with Crippen molar-refractivity contribution in [3.05, 3.63) is 63.7 Å². The van der Waals surface area contributed by atoms with Gasteiger partial charge in [0.25, 0.3) is 5.91 Å². The molecule has 35 heavy (non-hydrogen) atoms. The van der Waals surface area contributed by atoms with Crippen LogP contribution in [0.2, 0.25) is 5.02 Å². The summed E-state index contributed by atoms with van der Waals surface area (Å²) >= 11 is 6.20. The van der Waals surface area contributed by atoms with Crippen molar-refractivity contribution in [2.24, 2.45) is 5.92 Å². The number of hydrogen-bond donors (Lipinski definition) is 0. The van der Waals surface area contributed by atoms with Gasteiger partial charge < -0.3 is 18.8 Å². The number of amides is 1. The van der Waals surface area contributed by atoms with Gasteiger partial charge in [-0.15, -0.1) is 0 Å². The highest BCUT2D eigenvalue weighted by atomic mass is 35.5. The van der Waals surface area contributed by atoms with Crippen LogP contribution < -0.4 is 10.4 Å². The molecule has 1 aromatic heterocycles. The third-order valence-corrected chi connectivity index (χ3v) is 6.26. The second-order valence-corrected chi connectivity index (χ2v) is 8.80. The zero-order chi connectivity index (χ0) is 25.1. The maximum Gasteiger partial charge on any atom is 0.336 e. The minimum absolute atomic E-state index is 0.166. The van der Waals surface area contributed by atoms with Crippen LogP contribution in [-0.4, -0.2) is 42.6 Å². The van der Waals surface area contributed by atoms with Crippen molar-refractivity contribution in [1.82, 2.24) is 4.90 Å². The number of carbonyl (C=O) groups is 2. The van der Waals surface area contributed by atoms with E-state index in [9.17, 15) is 18.8 Å². The van der Waals surface area contributed by atoms with Gasteiger partial charge in [-0.25, -0.2) is 9.18 Å². The van der Waals surface area contributed by atoms with E-state index in [0.29, 0.717) is 54.8 Å². The molecule has 2 heterocycles. The van der Waals surface area contributed by atoms with Gasteiger partial charge in [0.05, 0.1) is 17.5 Å². The summed E-state index contributed by atoms with van der Waals surface area (Å²) in [6.45, 7) is 4.51. The van der Waals surface area contributed by atoms with Crippen LogP contribution >= 0.6 is 11.6 Å². The minimum Gasteiger partial charge on any atom is -0.481 e. The lowest BCUT2D eigenvalue weighted by Crippen LogP contribution is -2.47. The number of fused-ring (bicyclic) bond motifs is 1. The molecule has 0 N–H and O–H groups in total. The second-order valence-electron chi connectivity index (χ2n) is 8.40. The average molecular weight is 502 g/mol.